The van der Waals surface area contributed by atoms with Crippen molar-refractivity contribution in [3.8, 4) is 11.3 Å². The van der Waals surface area contributed by atoms with Crippen LogP contribution in [0.4, 0.5) is 0 Å². The number of rotatable bonds is 3. The first kappa shape index (κ1) is 11.9. The summed E-state index contributed by atoms with van der Waals surface area (Å²) in [6.45, 7) is 1.51. The summed E-state index contributed by atoms with van der Waals surface area (Å²) in [5.41, 5.74) is 6.87. The van der Waals surface area contributed by atoms with Gasteiger partial charge in [0.15, 0.2) is 11.5 Å². The van der Waals surface area contributed by atoms with Crippen LogP contribution in [0.15, 0.2) is 46.0 Å². The van der Waals surface area contributed by atoms with Gasteiger partial charge in [-0.05, 0) is 19.1 Å². The fourth-order valence-corrected chi connectivity index (χ4v) is 1.55. The van der Waals surface area contributed by atoms with E-state index in [4.69, 9.17) is 15.4 Å². The molecule has 3 N–H and O–H groups in total. The van der Waals surface area contributed by atoms with Crippen LogP contribution in [0.2, 0.25) is 0 Å². The number of hydrogen-bond donors (Lipinski definition) is 2. The van der Waals surface area contributed by atoms with Gasteiger partial charge in [0.2, 0.25) is 5.84 Å². The van der Waals surface area contributed by atoms with E-state index in [-0.39, 0.29) is 11.6 Å². The molecule has 0 spiro atoms. The normalized spacial score (nSPS) is 11.5. The van der Waals surface area contributed by atoms with E-state index in [0.29, 0.717) is 17.1 Å². The summed E-state index contributed by atoms with van der Waals surface area (Å²) in [4.78, 5) is 11.1. The van der Waals surface area contributed by atoms with Gasteiger partial charge in [-0.2, -0.15) is 0 Å². The summed E-state index contributed by atoms with van der Waals surface area (Å²) < 4.78 is 5.42. The molecule has 0 bridgehead atoms. The van der Waals surface area contributed by atoms with Crippen molar-refractivity contribution in [3.63, 3.8) is 0 Å². The molecule has 5 nitrogen and oxygen atoms in total. The predicted molar refractivity (Wildman–Crippen MR) is 66.7 cm³/mol. The molecular formula is C13H12N2O3. The Morgan fingerprint density at radius 1 is 1.22 bits per heavy atom. The fraction of sp³-hybridized carbons (Fsp3) is 0.0769. The highest BCUT2D eigenvalue weighted by molar-refractivity contribution is 5.95. The van der Waals surface area contributed by atoms with E-state index in [1.165, 1.54) is 6.92 Å². The van der Waals surface area contributed by atoms with E-state index >= 15 is 0 Å². The number of benzene rings is 1. The SMILES string of the molecule is CC(=O)c1ccc(-c2ccc(C(N)=NO)o2)cc1. The Labute approximate surface area is 104 Å². The maximum atomic E-state index is 11.1. The second-order valence-electron chi connectivity index (χ2n) is 3.78. The minimum absolute atomic E-state index is 0.0124. The molecule has 92 valence electrons. The number of ketones is 1. The Balaban J connectivity index is 2.32. The van der Waals surface area contributed by atoms with E-state index in [9.17, 15) is 4.79 Å². The molecule has 0 fully saturated rings. The largest absolute Gasteiger partial charge is 0.453 e. The highest BCUT2D eigenvalue weighted by atomic mass is 16.4. The van der Waals surface area contributed by atoms with Crippen LogP contribution in [0.1, 0.15) is 23.0 Å². The van der Waals surface area contributed by atoms with Gasteiger partial charge in [0.25, 0.3) is 0 Å². The molecule has 0 aliphatic carbocycles. The van der Waals surface area contributed by atoms with Crippen molar-refractivity contribution in [1.82, 2.24) is 0 Å². The van der Waals surface area contributed by atoms with E-state index in [1.807, 2.05) is 0 Å². The van der Waals surface area contributed by atoms with Crippen molar-refractivity contribution < 1.29 is 14.4 Å². The van der Waals surface area contributed by atoms with Crippen molar-refractivity contribution >= 4 is 11.6 Å². The molecule has 0 aliphatic heterocycles. The van der Waals surface area contributed by atoms with Crippen molar-refractivity contribution in [1.29, 1.82) is 0 Å². The number of carbonyl (C=O) groups excluding carboxylic acids is 1. The van der Waals surface area contributed by atoms with Gasteiger partial charge in [0.05, 0.1) is 0 Å². The summed E-state index contributed by atoms with van der Waals surface area (Å²) >= 11 is 0. The van der Waals surface area contributed by atoms with E-state index in [0.717, 1.165) is 5.56 Å². The molecule has 0 unspecified atom stereocenters. The Kier molecular flexibility index (Phi) is 3.14. The van der Waals surface area contributed by atoms with Gasteiger partial charge >= 0.3 is 0 Å². The molecule has 2 rings (SSSR count). The molecule has 1 aromatic heterocycles. The van der Waals surface area contributed by atoms with Crippen molar-refractivity contribution in [2.75, 3.05) is 0 Å². The van der Waals surface area contributed by atoms with Gasteiger partial charge in [-0.3, -0.25) is 4.79 Å². The van der Waals surface area contributed by atoms with E-state index < -0.39 is 0 Å². The Morgan fingerprint density at radius 2 is 1.89 bits per heavy atom. The van der Waals surface area contributed by atoms with Crippen molar-refractivity contribution in [3.05, 3.63) is 47.7 Å². The zero-order valence-corrected chi connectivity index (χ0v) is 9.75. The highest BCUT2D eigenvalue weighted by Gasteiger charge is 2.08. The molecule has 0 amide bonds. The first-order valence-corrected chi connectivity index (χ1v) is 5.31. The zero-order chi connectivity index (χ0) is 13.1. The standard InChI is InChI=1S/C13H12N2O3/c1-8(16)9-2-4-10(5-3-9)11-6-7-12(18-11)13(14)15-17/h2-7,17H,1H3,(H2,14,15). The monoisotopic (exact) mass is 244 g/mol. The lowest BCUT2D eigenvalue weighted by Gasteiger charge is -1.99. The van der Waals surface area contributed by atoms with Crippen LogP contribution < -0.4 is 5.73 Å². The number of oxime groups is 1. The average molecular weight is 244 g/mol. The maximum Gasteiger partial charge on any atom is 0.205 e. The molecule has 5 heteroatoms. The maximum absolute atomic E-state index is 11.1. The number of carbonyl (C=O) groups is 1. The third kappa shape index (κ3) is 2.24. The van der Waals surface area contributed by atoms with Crippen LogP contribution in [-0.4, -0.2) is 16.8 Å². The second kappa shape index (κ2) is 4.75. The van der Waals surface area contributed by atoms with Gasteiger partial charge in [-0.1, -0.05) is 29.4 Å². The Morgan fingerprint density at radius 3 is 2.44 bits per heavy atom. The molecule has 0 radical (unpaired) electrons. The van der Waals surface area contributed by atoms with Crippen molar-refractivity contribution in [2.24, 2.45) is 10.9 Å². The number of nitrogens with two attached hydrogens (primary N) is 1. The smallest absolute Gasteiger partial charge is 0.205 e. The molecule has 2 aromatic rings. The average Bonchev–Trinajstić information content (AvgIpc) is 2.87. The molecule has 1 aromatic carbocycles. The molecule has 0 atom stereocenters. The molecular weight excluding hydrogens is 232 g/mol. The van der Waals surface area contributed by atoms with Crippen LogP contribution in [0, 0.1) is 0 Å². The molecule has 0 saturated carbocycles. The summed E-state index contributed by atoms with van der Waals surface area (Å²) in [5.74, 6) is 0.815. The Bertz CT molecular complexity index is 597. The minimum atomic E-state index is -0.0818. The van der Waals surface area contributed by atoms with Gasteiger partial charge in [-0.25, -0.2) is 0 Å². The van der Waals surface area contributed by atoms with Crippen LogP contribution in [0.25, 0.3) is 11.3 Å². The first-order valence-electron chi connectivity index (χ1n) is 5.31. The lowest BCUT2D eigenvalue weighted by molar-refractivity contribution is 0.101. The zero-order valence-electron chi connectivity index (χ0n) is 9.75. The van der Waals surface area contributed by atoms with Crippen LogP contribution in [-0.2, 0) is 0 Å². The molecule has 0 aliphatic rings. The fourth-order valence-electron chi connectivity index (χ4n) is 1.55. The highest BCUT2D eigenvalue weighted by Crippen LogP contribution is 2.22. The summed E-state index contributed by atoms with van der Waals surface area (Å²) in [5, 5.41) is 11.4. The van der Waals surface area contributed by atoms with Crippen LogP contribution in [0.3, 0.4) is 0 Å². The van der Waals surface area contributed by atoms with E-state index in [2.05, 4.69) is 5.16 Å². The van der Waals surface area contributed by atoms with Gasteiger partial charge in [0.1, 0.15) is 5.76 Å². The topological polar surface area (TPSA) is 88.8 Å². The van der Waals surface area contributed by atoms with E-state index in [1.54, 1.807) is 36.4 Å². The van der Waals surface area contributed by atoms with Gasteiger partial charge < -0.3 is 15.4 Å². The second-order valence-corrected chi connectivity index (χ2v) is 3.78. The number of hydrogen-bond acceptors (Lipinski definition) is 4. The number of nitrogens with zero attached hydrogens (tertiary/aromatic N) is 1. The first-order chi connectivity index (χ1) is 8.61. The lowest BCUT2D eigenvalue weighted by atomic mass is 10.1. The number of furan rings is 1. The molecule has 1 heterocycles. The lowest BCUT2D eigenvalue weighted by Crippen LogP contribution is -2.11. The van der Waals surface area contributed by atoms with Gasteiger partial charge in [0, 0.05) is 11.1 Å². The third-order valence-electron chi connectivity index (χ3n) is 2.54. The Hall–Kier alpha value is -2.56. The van der Waals surface area contributed by atoms with Gasteiger partial charge in [-0.15, -0.1) is 0 Å². The van der Waals surface area contributed by atoms with Crippen LogP contribution >= 0.6 is 0 Å². The molecule has 18 heavy (non-hydrogen) atoms. The molecule has 0 saturated heterocycles. The van der Waals surface area contributed by atoms with Crippen molar-refractivity contribution in [2.45, 2.75) is 6.92 Å². The summed E-state index contributed by atoms with van der Waals surface area (Å²) in [7, 11) is 0. The summed E-state index contributed by atoms with van der Waals surface area (Å²) in [6.07, 6.45) is 0. The number of amidine groups is 1. The van der Waals surface area contributed by atoms with Crippen LogP contribution in [0.5, 0.6) is 0 Å². The number of Topliss-reactive ketones (excluding diaryl/α,β-unsaturated/α-hetero) is 1. The quantitative estimate of drug-likeness (QED) is 0.285. The predicted octanol–water partition coefficient (Wildman–Crippen LogP) is 2.24. The summed E-state index contributed by atoms with van der Waals surface area (Å²) in [6, 6.07) is 10.4. The third-order valence-corrected chi connectivity index (χ3v) is 2.54. The minimum Gasteiger partial charge on any atom is -0.453 e.